The van der Waals surface area contributed by atoms with Crippen molar-refractivity contribution in [1.29, 1.82) is 0 Å². The van der Waals surface area contributed by atoms with E-state index in [0.29, 0.717) is 12.5 Å². The lowest BCUT2D eigenvalue weighted by molar-refractivity contribution is -0.0234. The molecule has 2 aliphatic rings. The van der Waals surface area contributed by atoms with Crippen LogP contribution in [-0.2, 0) is 17.7 Å². The first-order valence-electron chi connectivity index (χ1n) is 8.40. The SMILES string of the molecule is COC1(CN(C)C(=O)c2cnc3n2CC(C)CC3)CCCC1. The van der Waals surface area contributed by atoms with E-state index in [4.69, 9.17) is 4.74 Å². The summed E-state index contributed by atoms with van der Waals surface area (Å²) in [5, 5.41) is 0. The monoisotopic (exact) mass is 305 g/mol. The van der Waals surface area contributed by atoms with Gasteiger partial charge in [0.15, 0.2) is 0 Å². The molecule has 1 amide bonds. The highest BCUT2D eigenvalue weighted by Crippen LogP contribution is 2.33. The minimum absolute atomic E-state index is 0.0659. The van der Waals surface area contributed by atoms with E-state index in [2.05, 4.69) is 16.5 Å². The Hall–Kier alpha value is -1.36. The van der Waals surface area contributed by atoms with Crippen LogP contribution < -0.4 is 0 Å². The molecular weight excluding hydrogens is 278 g/mol. The highest BCUT2D eigenvalue weighted by Gasteiger charge is 2.36. The number of hydrogen-bond acceptors (Lipinski definition) is 3. The molecular formula is C17H27N3O2. The molecule has 1 aromatic rings. The lowest BCUT2D eigenvalue weighted by atomic mass is 10.0. The third kappa shape index (κ3) is 2.78. The van der Waals surface area contributed by atoms with E-state index >= 15 is 0 Å². The maximum absolute atomic E-state index is 12.8. The maximum Gasteiger partial charge on any atom is 0.271 e. The summed E-state index contributed by atoms with van der Waals surface area (Å²) in [6, 6.07) is 0. The van der Waals surface area contributed by atoms with E-state index in [-0.39, 0.29) is 11.5 Å². The molecule has 3 rings (SSSR count). The first kappa shape index (κ1) is 15.5. The van der Waals surface area contributed by atoms with E-state index in [1.165, 1.54) is 12.8 Å². The van der Waals surface area contributed by atoms with E-state index in [1.54, 1.807) is 13.3 Å². The van der Waals surface area contributed by atoms with Crippen molar-refractivity contribution in [1.82, 2.24) is 14.5 Å². The van der Waals surface area contributed by atoms with E-state index in [0.717, 1.165) is 43.7 Å². The quantitative estimate of drug-likeness (QED) is 0.858. The number of aromatic nitrogens is 2. The number of amides is 1. The molecule has 5 nitrogen and oxygen atoms in total. The van der Waals surface area contributed by atoms with Crippen molar-refractivity contribution in [2.75, 3.05) is 20.7 Å². The molecule has 122 valence electrons. The first-order chi connectivity index (χ1) is 10.5. The highest BCUT2D eigenvalue weighted by atomic mass is 16.5. The van der Waals surface area contributed by atoms with E-state index in [9.17, 15) is 4.79 Å². The Bertz CT molecular complexity index is 546. The zero-order valence-corrected chi connectivity index (χ0v) is 14.0. The van der Waals surface area contributed by atoms with Gasteiger partial charge in [0.2, 0.25) is 0 Å². The molecule has 1 aliphatic carbocycles. The van der Waals surface area contributed by atoms with Crippen LogP contribution in [0.2, 0.25) is 0 Å². The van der Waals surface area contributed by atoms with Crippen molar-refractivity contribution in [3.63, 3.8) is 0 Å². The Morgan fingerprint density at radius 2 is 2.23 bits per heavy atom. The average molecular weight is 305 g/mol. The molecule has 0 radical (unpaired) electrons. The van der Waals surface area contributed by atoms with Crippen LogP contribution in [-0.4, -0.2) is 46.7 Å². The lowest BCUT2D eigenvalue weighted by Crippen LogP contribution is -2.44. The number of nitrogens with zero attached hydrogens (tertiary/aromatic N) is 3. The Morgan fingerprint density at radius 1 is 1.50 bits per heavy atom. The lowest BCUT2D eigenvalue weighted by Gasteiger charge is -2.32. The van der Waals surface area contributed by atoms with Crippen molar-refractivity contribution in [3.8, 4) is 0 Å². The Balaban J connectivity index is 1.75. The molecule has 0 aromatic carbocycles. The molecule has 5 heteroatoms. The molecule has 2 heterocycles. The predicted molar refractivity (Wildman–Crippen MR) is 84.9 cm³/mol. The molecule has 0 bridgehead atoms. The number of rotatable bonds is 4. The molecule has 0 N–H and O–H groups in total. The van der Waals surface area contributed by atoms with Gasteiger partial charge in [0, 0.05) is 33.7 Å². The van der Waals surface area contributed by atoms with Gasteiger partial charge in [-0.3, -0.25) is 4.79 Å². The second-order valence-electron chi connectivity index (χ2n) is 7.07. The number of imidazole rings is 1. The number of carbonyl (C=O) groups is 1. The van der Waals surface area contributed by atoms with Gasteiger partial charge >= 0.3 is 0 Å². The molecule has 0 spiro atoms. The van der Waals surface area contributed by atoms with Crippen molar-refractivity contribution in [3.05, 3.63) is 17.7 Å². The smallest absolute Gasteiger partial charge is 0.271 e. The first-order valence-corrected chi connectivity index (χ1v) is 8.40. The fraction of sp³-hybridized carbons (Fsp3) is 0.765. The minimum atomic E-state index is -0.150. The van der Waals surface area contributed by atoms with Crippen LogP contribution in [0.3, 0.4) is 0 Å². The standard InChI is InChI=1S/C17H27N3O2/c1-13-6-7-15-18-10-14(20(15)11-13)16(21)19(2)12-17(22-3)8-4-5-9-17/h10,13H,4-9,11-12H2,1-3H3. The van der Waals surface area contributed by atoms with Gasteiger partial charge in [-0.25, -0.2) is 4.98 Å². The largest absolute Gasteiger partial charge is 0.376 e. The summed E-state index contributed by atoms with van der Waals surface area (Å²) in [4.78, 5) is 19.1. The Kier molecular flexibility index (Phi) is 4.26. The van der Waals surface area contributed by atoms with Gasteiger partial charge in [-0.05, 0) is 25.2 Å². The third-order valence-electron chi connectivity index (χ3n) is 5.33. The summed E-state index contributed by atoms with van der Waals surface area (Å²) in [5.41, 5.74) is 0.580. The molecule has 22 heavy (non-hydrogen) atoms. The van der Waals surface area contributed by atoms with Crippen LogP contribution in [0.1, 0.15) is 55.3 Å². The van der Waals surface area contributed by atoms with Crippen molar-refractivity contribution in [2.24, 2.45) is 5.92 Å². The van der Waals surface area contributed by atoms with Gasteiger partial charge in [-0.2, -0.15) is 0 Å². The van der Waals surface area contributed by atoms with Crippen molar-refractivity contribution < 1.29 is 9.53 Å². The van der Waals surface area contributed by atoms with Crippen molar-refractivity contribution >= 4 is 5.91 Å². The summed E-state index contributed by atoms with van der Waals surface area (Å²) in [5.74, 6) is 1.73. The van der Waals surface area contributed by atoms with E-state index < -0.39 is 0 Å². The van der Waals surface area contributed by atoms with Crippen LogP contribution in [0.4, 0.5) is 0 Å². The maximum atomic E-state index is 12.8. The van der Waals surface area contributed by atoms with Crippen LogP contribution in [0, 0.1) is 5.92 Å². The fourth-order valence-electron chi connectivity index (χ4n) is 3.91. The van der Waals surface area contributed by atoms with Gasteiger partial charge in [-0.15, -0.1) is 0 Å². The van der Waals surface area contributed by atoms with Gasteiger partial charge in [0.05, 0.1) is 11.8 Å². The Morgan fingerprint density at radius 3 is 2.91 bits per heavy atom. The zero-order chi connectivity index (χ0) is 15.7. The number of fused-ring (bicyclic) bond motifs is 1. The number of carbonyl (C=O) groups excluding carboxylic acids is 1. The second-order valence-corrected chi connectivity index (χ2v) is 7.07. The molecule has 0 saturated heterocycles. The van der Waals surface area contributed by atoms with Gasteiger partial charge in [-0.1, -0.05) is 19.8 Å². The second kappa shape index (κ2) is 6.03. The van der Waals surface area contributed by atoms with E-state index in [1.807, 2.05) is 11.9 Å². The predicted octanol–water partition coefficient (Wildman–Crippen LogP) is 2.50. The average Bonchev–Trinajstić information content (AvgIpc) is 3.13. The third-order valence-corrected chi connectivity index (χ3v) is 5.33. The molecule has 1 aliphatic heterocycles. The molecule has 1 saturated carbocycles. The topological polar surface area (TPSA) is 47.4 Å². The van der Waals surface area contributed by atoms with Gasteiger partial charge in [0.25, 0.3) is 5.91 Å². The number of aryl methyl sites for hydroxylation is 1. The minimum Gasteiger partial charge on any atom is -0.376 e. The molecule has 1 aromatic heterocycles. The van der Waals surface area contributed by atoms with Gasteiger partial charge in [0.1, 0.15) is 11.5 Å². The zero-order valence-electron chi connectivity index (χ0n) is 14.0. The fourth-order valence-corrected chi connectivity index (χ4v) is 3.91. The van der Waals surface area contributed by atoms with Crippen LogP contribution >= 0.6 is 0 Å². The van der Waals surface area contributed by atoms with Crippen LogP contribution in [0.15, 0.2) is 6.20 Å². The normalized spacial score (nSPS) is 23.3. The number of ether oxygens (including phenoxy) is 1. The number of hydrogen-bond donors (Lipinski definition) is 0. The summed E-state index contributed by atoms with van der Waals surface area (Å²) < 4.78 is 7.86. The summed E-state index contributed by atoms with van der Waals surface area (Å²) in [7, 11) is 3.65. The Labute approximate surface area is 132 Å². The number of likely N-dealkylation sites (N-methyl/N-ethyl adjacent to an activating group) is 1. The highest BCUT2D eigenvalue weighted by molar-refractivity contribution is 5.92. The molecule has 1 fully saturated rings. The van der Waals surface area contributed by atoms with Crippen molar-refractivity contribution in [2.45, 2.75) is 57.6 Å². The van der Waals surface area contributed by atoms with Gasteiger partial charge < -0.3 is 14.2 Å². The molecule has 1 unspecified atom stereocenters. The summed E-state index contributed by atoms with van der Waals surface area (Å²) in [6.07, 6.45) is 8.35. The number of methoxy groups -OCH3 is 1. The molecule has 1 atom stereocenters. The van der Waals surface area contributed by atoms with Crippen LogP contribution in [0.25, 0.3) is 0 Å². The van der Waals surface area contributed by atoms with Crippen LogP contribution in [0.5, 0.6) is 0 Å². The summed E-state index contributed by atoms with van der Waals surface area (Å²) in [6.45, 7) is 3.80. The summed E-state index contributed by atoms with van der Waals surface area (Å²) >= 11 is 0.